The van der Waals surface area contributed by atoms with Crippen LogP contribution in [0.3, 0.4) is 0 Å². The predicted octanol–water partition coefficient (Wildman–Crippen LogP) is 2.46. The van der Waals surface area contributed by atoms with Crippen LogP contribution in [0.4, 0.5) is 5.69 Å². The molecule has 20 heavy (non-hydrogen) atoms. The summed E-state index contributed by atoms with van der Waals surface area (Å²) in [7, 11) is 0. The SMILES string of the molecule is N#Cc1ccc(Cl)cc1NC(=O)c1n[nH]c(C2CC2)n1. The first kappa shape index (κ1) is 12.6. The van der Waals surface area contributed by atoms with Crippen LogP contribution >= 0.6 is 11.6 Å². The Morgan fingerprint density at radius 3 is 3.00 bits per heavy atom. The second kappa shape index (κ2) is 4.94. The van der Waals surface area contributed by atoms with E-state index in [1.54, 1.807) is 12.1 Å². The van der Waals surface area contributed by atoms with Crippen LogP contribution in [0.2, 0.25) is 5.02 Å². The second-order valence-corrected chi connectivity index (χ2v) is 5.01. The Morgan fingerprint density at radius 1 is 1.50 bits per heavy atom. The van der Waals surface area contributed by atoms with Gasteiger partial charge < -0.3 is 5.32 Å². The highest BCUT2D eigenvalue weighted by Gasteiger charge is 2.28. The maximum Gasteiger partial charge on any atom is 0.295 e. The number of benzene rings is 1. The summed E-state index contributed by atoms with van der Waals surface area (Å²) in [6.45, 7) is 0. The molecule has 0 saturated heterocycles. The number of hydrogen-bond acceptors (Lipinski definition) is 4. The van der Waals surface area contributed by atoms with E-state index in [1.807, 2.05) is 6.07 Å². The van der Waals surface area contributed by atoms with Gasteiger partial charge in [0.1, 0.15) is 11.9 Å². The van der Waals surface area contributed by atoms with Gasteiger partial charge in [0.2, 0.25) is 5.82 Å². The largest absolute Gasteiger partial charge is 0.318 e. The summed E-state index contributed by atoms with van der Waals surface area (Å²) >= 11 is 5.86. The zero-order valence-electron chi connectivity index (χ0n) is 10.4. The maximum atomic E-state index is 12.0. The number of rotatable bonds is 3. The van der Waals surface area contributed by atoms with Gasteiger partial charge in [-0.1, -0.05) is 11.6 Å². The van der Waals surface area contributed by atoms with Crippen molar-refractivity contribution in [2.24, 2.45) is 0 Å². The van der Waals surface area contributed by atoms with Crippen molar-refractivity contribution >= 4 is 23.2 Å². The molecule has 2 aromatic rings. The predicted molar refractivity (Wildman–Crippen MR) is 72.5 cm³/mol. The first-order valence-electron chi connectivity index (χ1n) is 6.10. The number of carbonyl (C=O) groups is 1. The number of hydrogen-bond donors (Lipinski definition) is 2. The fourth-order valence-electron chi connectivity index (χ4n) is 1.81. The van der Waals surface area contributed by atoms with Gasteiger partial charge in [0.15, 0.2) is 0 Å². The Labute approximate surface area is 119 Å². The molecule has 6 nitrogen and oxygen atoms in total. The summed E-state index contributed by atoms with van der Waals surface area (Å²) < 4.78 is 0. The van der Waals surface area contributed by atoms with Crippen molar-refractivity contribution in [2.75, 3.05) is 5.32 Å². The Morgan fingerprint density at radius 2 is 2.30 bits per heavy atom. The highest BCUT2D eigenvalue weighted by Crippen LogP contribution is 2.37. The molecule has 1 aromatic carbocycles. The van der Waals surface area contributed by atoms with E-state index in [1.165, 1.54) is 6.07 Å². The van der Waals surface area contributed by atoms with Gasteiger partial charge in [-0.15, -0.1) is 5.10 Å². The third-order valence-corrected chi connectivity index (χ3v) is 3.26. The molecule has 1 fully saturated rings. The molecular weight excluding hydrogens is 278 g/mol. The van der Waals surface area contributed by atoms with Crippen molar-refractivity contribution in [3.63, 3.8) is 0 Å². The Kier molecular flexibility index (Phi) is 3.12. The molecule has 7 heteroatoms. The summed E-state index contributed by atoms with van der Waals surface area (Å²) in [6, 6.07) is 6.65. The van der Waals surface area contributed by atoms with Crippen molar-refractivity contribution in [1.82, 2.24) is 15.2 Å². The highest BCUT2D eigenvalue weighted by atomic mass is 35.5. The molecule has 0 aliphatic heterocycles. The lowest BCUT2D eigenvalue weighted by molar-refractivity contribution is 0.101. The van der Waals surface area contributed by atoms with E-state index < -0.39 is 5.91 Å². The minimum Gasteiger partial charge on any atom is -0.318 e. The molecule has 3 rings (SSSR count). The summed E-state index contributed by atoms with van der Waals surface area (Å²) in [5, 5.41) is 18.7. The molecular formula is C13H10ClN5O. The summed E-state index contributed by atoms with van der Waals surface area (Å²) in [6.07, 6.45) is 2.15. The zero-order valence-corrected chi connectivity index (χ0v) is 11.1. The van der Waals surface area contributed by atoms with Crippen LogP contribution in [0.1, 0.15) is 40.8 Å². The first-order chi connectivity index (χ1) is 9.67. The van der Waals surface area contributed by atoms with Crippen LogP contribution in [0, 0.1) is 11.3 Å². The van der Waals surface area contributed by atoms with E-state index in [0.717, 1.165) is 18.7 Å². The summed E-state index contributed by atoms with van der Waals surface area (Å²) in [5.74, 6) is 0.731. The van der Waals surface area contributed by atoms with Gasteiger partial charge in [-0.2, -0.15) is 5.26 Å². The molecule has 0 atom stereocenters. The van der Waals surface area contributed by atoms with Crippen LogP contribution < -0.4 is 5.32 Å². The number of anilines is 1. The van der Waals surface area contributed by atoms with E-state index in [9.17, 15) is 4.79 Å². The van der Waals surface area contributed by atoms with Gasteiger partial charge in [-0.3, -0.25) is 9.89 Å². The second-order valence-electron chi connectivity index (χ2n) is 4.57. The summed E-state index contributed by atoms with van der Waals surface area (Å²) in [4.78, 5) is 16.2. The average molecular weight is 288 g/mol. The van der Waals surface area contributed by atoms with Crippen LogP contribution in [0.25, 0.3) is 0 Å². The van der Waals surface area contributed by atoms with Crippen molar-refractivity contribution < 1.29 is 4.79 Å². The molecule has 2 N–H and O–H groups in total. The van der Waals surface area contributed by atoms with E-state index >= 15 is 0 Å². The van der Waals surface area contributed by atoms with Crippen molar-refractivity contribution in [2.45, 2.75) is 18.8 Å². The molecule has 100 valence electrons. The Balaban J connectivity index is 1.81. The molecule has 1 amide bonds. The van der Waals surface area contributed by atoms with E-state index in [-0.39, 0.29) is 5.82 Å². The lowest BCUT2D eigenvalue weighted by atomic mass is 10.2. The number of amides is 1. The minimum absolute atomic E-state index is 0.0655. The van der Waals surface area contributed by atoms with Gasteiger partial charge in [-0.05, 0) is 31.0 Å². The van der Waals surface area contributed by atoms with E-state index in [4.69, 9.17) is 16.9 Å². The third-order valence-electron chi connectivity index (χ3n) is 3.02. The maximum absolute atomic E-state index is 12.0. The van der Waals surface area contributed by atoms with Gasteiger partial charge in [0, 0.05) is 10.9 Å². The van der Waals surface area contributed by atoms with Gasteiger partial charge in [0.25, 0.3) is 5.91 Å². The zero-order chi connectivity index (χ0) is 14.1. The minimum atomic E-state index is -0.466. The molecule has 0 bridgehead atoms. The Bertz CT molecular complexity index is 714. The molecule has 0 unspecified atom stereocenters. The van der Waals surface area contributed by atoms with Crippen molar-refractivity contribution in [1.29, 1.82) is 5.26 Å². The monoisotopic (exact) mass is 287 g/mol. The Hall–Kier alpha value is -2.39. The lowest BCUT2D eigenvalue weighted by Gasteiger charge is -2.05. The molecule has 0 spiro atoms. The number of H-pyrrole nitrogens is 1. The third kappa shape index (κ3) is 2.49. The highest BCUT2D eigenvalue weighted by molar-refractivity contribution is 6.31. The molecule has 1 saturated carbocycles. The van der Waals surface area contributed by atoms with Crippen LogP contribution in [0.15, 0.2) is 18.2 Å². The quantitative estimate of drug-likeness (QED) is 0.906. The van der Waals surface area contributed by atoms with Crippen molar-refractivity contribution in [3.8, 4) is 6.07 Å². The topological polar surface area (TPSA) is 94.5 Å². The molecule has 1 aliphatic carbocycles. The van der Waals surface area contributed by atoms with Crippen LogP contribution in [-0.4, -0.2) is 21.1 Å². The van der Waals surface area contributed by atoms with Crippen molar-refractivity contribution in [3.05, 3.63) is 40.4 Å². The first-order valence-corrected chi connectivity index (χ1v) is 6.48. The van der Waals surface area contributed by atoms with E-state index in [2.05, 4.69) is 20.5 Å². The number of aromatic amines is 1. The summed E-state index contributed by atoms with van der Waals surface area (Å²) in [5.41, 5.74) is 0.684. The number of nitrogens with one attached hydrogen (secondary N) is 2. The van der Waals surface area contributed by atoms with E-state index in [0.29, 0.717) is 22.2 Å². The van der Waals surface area contributed by atoms with Crippen LogP contribution in [0.5, 0.6) is 0 Å². The molecule has 1 heterocycles. The van der Waals surface area contributed by atoms with Crippen LogP contribution in [-0.2, 0) is 0 Å². The number of halogens is 1. The molecule has 1 aliphatic rings. The lowest BCUT2D eigenvalue weighted by Crippen LogP contribution is -2.14. The normalized spacial score (nSPS) is 13.8. The fourth-order valence-corrected chi connectivity index (χ4v) is 1.98. The number of carbonyl (C=O) groups excluding carboxylic acids is 1. The fraction of sp³-hybridized carbons (Fsp3) is 0.231. The molecule has 1 aromatic heterocycles. The smallest absolute Gasteiger partial charge is 0.295 e. The average Bonchev–Trinajstić information content (AvgIpc) is 3.16. The number of nitriles is 1. The number of aromatic nitrogens is 3. The molecule has 0 radical (unpaired) electrons. The van der Waals surface area contributed by atoms with Gasteiger partial charge in [-0.25, -0.2) is 4.98 Å². The number of nitrogens with zero attached hydrogens (tertiary/aromatic N) is 3. The van der Waals surface area contributed by atoms with Gasteiger partial charge >= 0.3 is 0 Å². The van der Waals surface area contributed by atoms with Gasteiger partial charge in [0.05, 0.1) is 11.3 Å². The standard InChI is InChI=1S/C13H10ClN5O/c14-9-4-3-8(6-15)10(5-9)16-13(20)12-17-11(18-19-12)7-1-2-7/h3-5,7H,1-2H2,(H,16,20)(H,17,18,19).